The minimum atomic E-state index is -0.491. The zero-order valence-corrected chi connectivity index (χ0v) is 15.1. The molecule has 4 rings (SSSR count). The van der Waals surface area contributed by atoms with Gasteiger partial charge in [-0.3, -0.25) is 19.7 Å². The number of aromatic nitrogens is 2. The van der Waals surface area contributed by atoms with Crippen molar-refractivity contribution in [3.8, 4) is 11.5 Å². The van der Waals surface area contributed by atoms with Gasteiger partial charge in [-0.2, -0.15) is 0 Å². The SMILES string of the molecule is O=C(OCc1nnc(-c2ccc([N+](=O)[O-])cc2)o1)C1C[C@H]2CCC[C@@H](C1)C2=O. The molecule has 28 heavy (non-hydrogen) atoms. The predicted octanol–water partition coefficient (Wildman–Crippen LogP) is 3.08. The maximum Gasteiger partial charge on any atom is 0.309 e. The summed E-state index contributed by atoms with van der Waals surface area (Å²) in [6.07, 6.45) is 3.90. The summed E-state index contributed by atoms with van der Waals surface area (Å²) in [6, 6.07) is 5.72. The average Bonchev–Trinajstić information content (AvgIpc) is 3.15. The number of nitro benzene ring substituents is 1. The number of carbonyl (C=O) groups excluding carboxylic acids is 2. The van der Waals surface area contributed by atoms with Crippen LogP contribution in [0.5, 0.6) is 0 Å². The molecule has 0 N–H and O–H groups in total. The lowest BCUT2D eigenvalue weighted by Gasteiger charge is -2.36. The monoisotopic (exact) mass is 385 g/mol. The second kappa shape index (κ2) is 7.49. The van der Waals surface area contributed by atoms with Crippen LogP contribution in [0.15, 0.2) is 28.7 Å². The Bertz CT molecular complexity index is 891. The number of hydrogen-bond acceptors (Lipinski definition) is 8. The molecule has 2 aliphatic rings. The minimum absolute atomic E-state index is 0.0119. The largest absolute Gasteiger partial charge is 0.455 e. The molecule has 2 bridgehead atoms. The van der Waals surface area contributed by atoms with Gasteiger partial charge in [0, 0.05) is 29.5 Å². The highest BCUT2D eigenvalue weighted by atomic mass is 16.6. The minimum Gasteiger partial charge on any atom is -0.455 e. The van der Waals surface area contributed by atoms with Crippen molar-refractivity contribution in [1.82, 2.24) is 10.2 Å². The number of Topliss-reactive ketones (excluding diaryl/α,β-unsaturated/α-hetero) is 1. The van der Waals surface area contributed by atoms with Gasteiger partial charge in [0.15, 0.2) is 6.61 Å². The molecule has 9 heteroatoms. The number of ketones is 1. The first kappa shape index (κ1) is 18.3. The maximum absolute atomic E-state index is 12.4. The quantitative estimate of drug-likeness (QED) is 0.437. The van der Waals surface area contributed by atoms with Gasteiger partial charge in [-0.25, -0.2) is 0 Å². The van der Waals surface area contributed by atoms with Gasteiger partial charge in [0.05, 0.1) is 10.8 Å². The van der Waals surface area contributed by atoms with Gasteiger partial charge < -0.3 is 9.15 Å². The highest BCUT2D eigenvalue weighted by Crippen LogP contribution is 2.40. The Morgan fingerprint density at radius 3 is 2.50 bits per heavy atom. The molecule has 0 amide bonds. The van der Waals surface area contributed by atoms with Crippen LogP contribution in [-0.4, -0.2) is 26.9 Å². The standard InChI is InChI=1S/C19H19N3O6/c23-17-12-2-1-3-13(17)9-14(8-12)19(24)27-10-16-20-21-18(28-16)11-4-6-15(7-5-11)22(25)26/h4-7,12-14H,1-3,8-10H2/t12-,13+,14?. The third-order valence-corrected chi connectivity index (χ3v) is 5.51. The van der Waals surface area contributed by atoms with E-state index in [1.807, 2.05) is 0 Å². The molecule has 2 fully saturated rings. The second-order valence-corrected chi connectivity index (χ2v) is 7.31. The van der Waals surface area contributed by atoms with Crippen LogP contribution in [0.1, 0.15) is 38.0 Å². The topological polar surface area (TPSA) is 125 Å². The Kier molecular flexibility index (Phi) is 4.89. The summed E-state index contributed by atoms with van der Waals surface area (Å²) in [5, 5.41) is 18.4. The van der Waals surface area contributed by atoms with E-state index in [2.05, 4.69) is 10.2 Å². The van der Waals surface area contributed by atoms with E-state index in [-0.39, 0.29) is 47.8 Å². The number of carbonyl (C=O) groups is 2. The lowest BCUT2D eigenvalue weighted by molar-refractivity contribution is -0.384. The van der Waals surface area contributed by atoms with E-state index in [0.29, 0.717) is 24.2 Å². The molecule has 3 atom stereocenters. The van der Waals surface area contributed by atoms with Crippen molar-refractivity contribution in [2.24, 2.45) is 17.8 Å². The number of nitrogens with zero attached hydrogens (tertiary/aromatic N) is 3. The Labute approximate surface area is 160 Å². The highest BCUT2D eigenvalue weighted by Gasteiger charge is 2.41. The zero-order chi connectivity index (χ0) is 19.7. The second-order valence-electron chi connectivity index (χ2n) is 7.31. The molecule has 146 valence electrons. The van der Waals surface area contributed by atoms with E-state index in [1.54, 1.807) is 0 Å². The Morgan fingerprint density at radius 2 is 1.86 bits per heavy atom. The summed E-state index contributed by atoms with van der Waals surface area (Å²) in [5.41, 5.74) is 0.502. The lowest BCUT2D eigenvalue weighted by Crippen LogP contribution is -2.39. The van der Waals surface area contributed by atoms with Crippen LogP contribution in [0.2, 0.25) is 0 Å². The predicted molar refractivity (Wildman–Crippen MR) is 94.7 cm³/mol. The first-order valence-electron chi connectivity index (χ1n) is 9.29. The summed E-state index contributed by atoms with van der Waals surface area (Å²) in [5.74, 6) is 0.0291. The van der Waals surface area contributed by atoms with Gasteiger partial charge >= 0.3 is 5.97 Å². The summed E-state index contributed by atoms with van der Waals surface area (Å²) >= 11 is 0. The fourth-order valence-corrected chi connectivity index (χ4v) is 4.08. The van der Waals surface area contributed by atoms with Crippen molar-refractivity contribution in [1.29, 1.82) is 0 Å². The van der Waals surface area contributed by atoms with Crippen molar-refractivity contribution >= 4 is 17.4 Å². The highest BCUT2D eigenvalue weighted by molar-refractivity contribution is 5.87. The summed E-state index contributed by atoms with van der Waals surface area (Å²) < 4.78 is 10.8. The van der Waals surface area contributed by atoms with E-state index in [4.69, 9.17) is 9.15 Å². The molecule has 2 aliphatic carbocycles. The van der Waals surface area contributed by atoms with Crippen LogP contribution in [0, 0.1) is 27.9 Å². The van der Waals surface area contributed by atoms with Crippen LogP contribution < -0.4 is 0 Å². The van der Waals surface area contributed by atoms with E-state index in [1.165, 1.54) is 24.3 Å². The Hall–Kier alpha value is -3.10. The summed E-state index contributed by atoms with van der Waals surface area (Å²) in [6.45, 7) is -0.140. The summed E-state index contributed by atoms with van der Waals surface area (Å²) in [4.78, 5) is 34.7. The Balaban J connectivity index is 1.35. The number of hydrogen-bond donors (Lipinski definition) is 0. The van der Waals surface area contributed by atoms with Gasteiger partial charge in [0.25, 0.3) is 11.6 Å². The molecule has 1 aromatic heterocycles. The smallest absolute Gasteiger partial charge is 0.309 e. The molecular weight excluding hydrogens is 366 g/mol. The maximum atomic E-state index is 12.4. The number of esters is 1. The van der Waals surface area contributed by atoms with Crippen LogP contribution in [-0.2, 0) is 20.9 Å². The van der Waals surface area contributed by atoms with E-state index in [0.717, 1.165) is 19.3 Å². The first-order valence-corrected chi connectivity index (χ1v) is 9.29. The third kappa shape index (κ3) is 3.64. The number of fused-ring (bicyclic) bond motifs is 2. The van der Waals surface area contributed by atoms with Crippen LogP contribution in [0.3, 0.4) is 0 Å². The van der Waals surface area contributed by atoms with Crippen molar-refractivity contribution in [2.75, 3.05) is 0 Å². The number of rotatable bonds is 5. The fourth-order valence-electron chi connectivity index (χ4n) is 4.08. The van der Waals surface area contributed by atoms with Gasteiger partial charge in [-0.1, -0.05) is 6.42 Å². The molecular formula is C19H19N3O6. The number of nitro groups is 1. The molecule has 0 spiro atoms. The third-order valence-electron chi connectivity index (χ3n) is 5.51. The van der Waals surface area contributed by atoms with Crippen molar-refractivity contribution in [2.45, 2.75) is 38.7 Å². The molecule has 1 heterocycles. The fraction of sp³-hybridized carbons (Fsp3) is 0.474. The molecule has 0 aliphatic heterocycles. The van der Waals surface area contributed by atoms with Crippen LogP contribution >= 0.6 is 0 Å². The van der Waals surface area contributed by atoms with Gasteiger partial charge in [0.2, 0.25) is 5.89 Å². The number of benzene rings is 1. The first-order chi connectivity index (χ1) is 13.5. The lowest BCUT2D eigenvalue weighted by atomic mass is 9.67. The van der Waals surface area contributed by atoms with E-state index in [9.17, 15) is 19.7 Å². The van der Waals surface area contributed by atoms with Gasteiger partial charge in [0.1, 0.15) is 5.78 Å². The molecule has 0 saturated heterocycles. The van der Waals surface area contributed by atoms with Crippen molar-refractivity contribution < 1.29 is 23.7 Å². The number of ether oxygens (including phenoxy) is 1. The van der Waals surface area contributed by atoms with Crippen molar-refractivity contribution in [3.05, 3.63) is 40.3 Å². The molecule has 1 aromatic carbocycles. The molecule has 0 radical (unpaired) electrons. The van der Waals surface area contributed by atoms with Gasteiger partial charge in [-0.05, 0) is 37.8 Å². The normalized spacial score (nSPS) is 24.0. The molecule has 9 nitrogen and oxygen atoms in total. The van der Waals surface area contributed by atoms with Gasteiger partial charge in [-0.15, -0.1) is 10.2 Å². The molecule has 2 aromatic rings. The van der Waals surface area contributed by atoms with E-state index >= 15 is 0 Å². The molecule has 2 saturated carbocycles. The van der Waals surface area contributed by atoms with E-state index < -0.39 is 4.92 Å². The Morgan fingerprint density at radius 1 is 1.18 bits per heavy atom. The zero-order valence-electron chi connectivity index (χ0n) is 15.1. The van der Waals surface area contributed by atoms with Crippen LogP contribution in [0.4, 0.5) is 5.69 Å². The average molecular weight is 385 g/mol. The van der Waals surface area contributed by atoms with Crippen molar-refractivity contribution in [3.63, 3.8) is 0 Å². The number of non-ortho nitro benzene ring substituents is 1. The summed E-state index contributed by atoms with van der Waals surface area (Å²) in [7, 11) is 0. The van der Waals surface area contributed by atoms with Crippen LogP contribution in [0.25, 0.3) is 11.5 Å². The molecule has 1 unspecified atom stereocenters.